The molecule has 2 aromatic rings. The molecule has 0 bridgehead atoms. The highest BCUT2D eigenvalue weighted by molar-refractivity contribution is 5.93. The summed E-state index contributed by atoms with van der Waals surface area (Å²) in [7, 11) is 0. The minimum absolute atomic E-state index is 0.220. The maximum atomic E-state index is 12.6. The fourth-order valence-corrected chi connectivity index (χ4v) is 2.88. The molecule has 3 rings (SSSR count). The SMILES string of the molecule is CC(C)(C)OC(=O)N1c2cccc(-c3cccc(OC(F)(F)F)c3)c2OCC1O. The smallest absolute Gasteiger partial charge is 0.486 e. The lowest BCUT2D eigenvalue weighted by Gasteiger charge is -2.35. The van der Waals surface area contributed by atoms with Gasteiger partial charge in [0.2, 0.25) is 0 Å². The third kappa shape index (κ3) is 4.92. The Morgan fingerprint density at radius 3 is 2.52 bits per heavy atom. The molecule has 1 unspecified atom stereocenters. The number of carbonyl (C=O) groups excluding carboxylic acids is 1. The first-order valence-corrected chi connectivity index (χ1v) is 8.77. The van der Waals surface area contributed by atoms with Gasteiger partial charge in [0, 0.05) is 5.56 Å². The summed E-state index contributed by atoms with van der Waals surface area (Å²) in [5.41, 5.74) is 0.299. The van der Waals surface area contributed by atoms with E-state index in [4.69, 9.17) is 9.47 Å². The molecule has 2 aromatic carbocycles. The van der Waals surface area contributed by atoms with Crippen molar-refractivity contribution in [3.8, 4) is 22.6 Å². The number of anilines is 1. The predicted octanol–water partition coefficient (Wildman–Crippen LogP) is 4.70. The van der Waals surface area contributed by atoms with Crippen LogP contribution in [-0.2, 0) is 4.74 Å². The number of para-hydroxylation sites is 1. The number of ether oxygens (including phenoxy) is 3. The van der Waals surface area contributed by atoms with Crippen molar-refractivity contribution in [3.63, 3.8) is 0 Å². The number of aliphatic hydroxyl groups is 1. The van der Waals surface area contributed by atoms with Crippen molar-refractivity contribution in [3.05, 3.63) is 42.5 Å². The van der Waals surface area contributed by atoms with Crippen LogP contribution in [0.15, 0.2) is 42.5 Å². The summed E-state index contributed by atoms with van der Waals surface area (Å²) in [5.74, 6) is -0.139. The van der Waals surface area contributed by atoms with Crippen LogP contribution in [-0.4, -0.2) is 36.0 Å². The second-order valence-corrected chi connectivity index (χ2v) is 7.37. The van der Waals surface area contributed by atoms with Gasteiger partial charge in [0.1, 0.15) is 18.0 Å². The van der Waals surface area contributed by atoms with Crippen LogP contribution in [0.25, 0.3) is 11.1 Å². The fourth-order valence-electron chi connectivity index (χ4n) is 2.88. The molecule has 0 saturated heterocycles. The molecular weight excluding hydrogens is 391 g/mol. The molecule has 6 nitrogen and oxygen atoms in total. The van der Waals surface area contributed by atoms with E-state index in [2.05, 4.69) is 4.74 Å². The molecule has 29 heavy (non-hydrogen) atoms. The van der Waals surface area contributed by atoms with Crippen LogP contribution in [0.2, 0.25) is 0 Å². The third-order valence-corrected chi connectivity index (χ3v) is 3.90. The van der Waals surface area contributed by atoms with E-state index in [-0.39, 0.29) is 23.8 Å². The minimum Gasteiger partial charge on any atom is -0.486 e. The van der Waals surface area contributed by atoms with Crippen molar-refractivity contribution in [2.45, 2.75) is 39.0 Å². The van der Waals surface area contributed by atoms with Gasteiger partial charge in [-0.05, 0) is 44.5 Å². The standard InChI is InChI=1S/C20H20F3NO5/c1-19(2,3)29-18(26)24-15-9-5-8-14(17(15)27-11-16(24)25)12-6-4-7-13(10-12)28-20(21,22)23/h4-10,16,25H,11H2,1-3H3. The van der Waals surface area contributed by atoms with Crippen LogP contribution in [0.5, 0.6) is 11.5 Å². The van der Waals surface area contributed by atoms with Crippen molar-refractivity contribution in [2.75, 3.05) is 11.5 Å². The van der Waals surface area contributed by atoms with Crippen LogP contribution in [0.1, 0.15) is 20.8 Å². The zero-order chi connectivity index (χ0) is 21.4. The molecule has 0 saturated carbocycles. The number of nitrogens with zero attached hydrogens (tertiary/aromatic N) is 1. The number of carbonyl (C=O) groups is 1. The van der Waals surface area contributed by atoms with Gasteiger partial charge < -0.3 is 19.3 Å². The lowest BCUT2D eigenvalue weighted by Crippen LogP contribution is -2.48. The van der Waals surface area contributed by atoms with Crippen molar-refractivity contribution in [1.29, 1.82) is 0 Å². The molecule has 1 N–H and O–H groups in total. The summed E-state index contributed by atoms with van der Waals surface area (Å²) >= 11 is 0. The number of aliphatic hydroxyl groups excluding tert-OH is 1. The molecule has 156 valence electrons. The minimum atomic E-state index is -4.82. The normalized spacial score (nSPS) is 16.7. The van der Waals surface area contributed by atoms with E-state index in [1.807, 2.05) is 0 Å². The first-order valence-electron chi connectivity index (χ1n) is 8.77. The summed E-state index contributed by atoms with van der Waals surface area (Å²) in [4.78, 5) is 13.6. The number of benzene rings is 2. The summed E-state index contributed by atoms with van der Waals surface area (Å²) in [5, 5.41) is 10.3. The number of fused-ring (bicyclic) bond motifs is 1. The van der Waals surface area contributed by atoms with E-state index >= 15 is 0 Å². The van der Waals surface area contributed by atoms with E-state index in [1.165, 1.54) is 18.2 Å². The Labute approximate surface area is 165 Å². The number of alkyl halides is 3. The van der Waals surface area contributed by atoms with Gasteiger partial charge in [-0.2, -0.15) is 0 Å². The molecule has 1 aliphatic rings. The first-order chi connectivity index (χ1) is 13.4. The molecule has 1 heterocycles. The molecule has 0 spiro atoms. The largest absolute Gasteiger partial charge is 0.573 e. The van der Waals surface area contributed by atoms with Gasteiger partial charge in [-0.3, -0.25) is 0 Å². The molecule has 1 atom stereocenters. The van der Waals surface area contributed by atoms with E-state index < -0.39 is 24.3 Å². The van der Waals surface area contributed by atoms with Gasteiger partial charge in [0.15, 0.2) is 12.0 Å². The van der Waals surface area contributed by atoms with Crippen molar-refractivity contribution in [1.82, 2.24) is 0 Å². The fraction of sp³-hybridized carbons (Fsp3) is 0.350. The molecule has 0 aliphatic carbocycles. The number of hydrogen-bond acceptors (Lipinski definition) is 5. The highest BCUT2D eigenvalue weighted by Gasteiger charge is 2.36. The number of amides is 1. The number of hydrogen-bond donors (Lipinski definition) is 1. The van der Waals surface area contributed by atoms with Gasteiger partial charge >= 0.3 is 12.5 Å². The topological polar surface area (TPSA) is 68.2 Å². The van der Waals surface area contributed by atoms with E-state index in [0.29, 0.717) is 11.1 Å². The highest BCUT2D eigenvalue weighted by atomic mass is 19.4. The molecule has 9 heteroatoms. The van der Waals surface area contributed by atoms with Crippen LogP contribution in [0.3, 0.4) is 0 Å². The van der Waals surface area contributed by atoms with Gasteiger partial charge in [-0.25, -0.2) is 9.69 Å². The zero-order valence-corrected chi connectivity index (χ0v) is 16.0. The maximum Gasteiger partial charge on any atom is 0.573 e. The molecule has 1 aliphatic heterocycles. The van der Waals surface area contributed by atoms with E-state index in [9.17, 15) is 23.1 Å². The molecule has 0 aromatic heterocycles. The average molecular weight is 411 g/mol. The zero-order valence-electron chi connectivity index (χ0n) is 16.0. The van der Waals surface area contributed by atoms with Crippen molar-refractivity contribution < 1.29 is 37.3 Å². The molecule has 1 amide bonds. The predicted molar refractivity (Wildman–Crippen MR) is 98.8 cm³/mol. The van der Waals surface area contributed by atoms with Gasteiger partial charge in [0.05, 0.1) is 5.69 Å². The van der Waals surface area contributed by atoms with Crippen LogP contribution < -0.4 is 14.4 Å². The number of rotatable bonds is 2. The Balaban J connectivity index is 2.01. The lowest BCUT2D eigenvalue weighted by molar-refractivity contribution is -0.274. The Morgan fingerprint density at radius 2 is 1.86 bits per heavy atom. The first kappa shape index (κ1) is 20.8. The summed E-state index contributed by atoms with van der Waals surface area (Å²) < 4.78 is 52.5. The van der Waals surface area contributed by atoms with Crippen LogP contribution in [0, 0.1) is 0 Å². The Morgan fingerprint density at radius 1 is 1.17 bits per heavy atom. The Bertz CT molecular complexity index is 908. The molecule has 0 fully saturated rings. The third-order valence-electron chi connectivity index (χ3n) is 3.90. The monoisotopic (exact) mass is 411 g/mol. The quantitative estimate of drug-likeness (QED) is 0.776. The van der Waals surface area contributed by atoms with Gasteiger partial charge in [-0.1, -0.05) is 24.3 Å². The van der Waals surface area contributed by atoms with E-state index in [1.54, 1.807) is 45.0 Å². The summed E-state index contributed by atoms with van der Waals surface area (Å²) in [6.45, 7) is 4.87. The average Bonchev–Trinajstić information content (AvgIpc) is 2.58. The Hall–Kier alpha value is -2.94. The number of halogens is 3. The summed E-state index contributed by atoms with van der Waals surface area (Å²) in [6.07, 6.45) is -6.85. The lowest BCUT2D eigenvalue weighted by atomic mass is 10.0. The van der Waals surface area contributed by atoms with Gasteiger partial charge in [-0.15, -0.1) is 13.2 Å². The highest BCUT2D eigenvalue weighted by Crippen LogP contribution is 2.43. The van der Waals surface area contributed by atoms with Crippen molar-refractivity contribution in [2.24, 2.45) is 0 Å². The second kappa shape index (κ2) is 7.47. The Kier molecular flexibility index (Phi) is 5.36. The van der Waals surface area contributed by atoms with Crippen LogP contribution >= 0.6 is 0 Å². The van der Waals surface area contributed by atoms with E-state index in [0.717, 1.165) is 4.90 Å². The summed E-state index contributed by atoms with van der Waals surface area (Å²) in [6, 6.07) is 10.2. The molecular formula is C20H20F3NO5. The second-order valence-electron chi connectivity index (χ2n) is 7.37. The molecule has 0 radical (unpaired) electrons. The van der Waals surface area contributed by atoms with Gasteiger partial charge in [0.25, 0.3) is 0 Å². The van der Waals surface area contributed by atoms with Crippen molar-refractivity contribution >= 4 is 11.8 Å². The maximum absolute atomic E-state index is 12.6. The van der Waals surface area contributed by atoms with Crippen LogP contribution in [0.4, 0.5) is 23.7 Å².